The van der Waals surface area contributed by atoms with Gasteiger partial charge in [-0.05, 0) is 91.4 Å². The molecule has 13 heteroatoms. The van der Waals surface area contributed by atoms with Crippen molar-refractivity contribution in [3.8, 4) is 22.7 Å². The van der Waals surface area contributed by atoms with Crippen molar-refractivity contribution in [2.24, 2.45) is 4.40 Å². The van der Waals surface area contributed by atoms with Crippen LogP contribution in [-0.2, 0) is 12.8 Å². The van der Waals surface area contributed by atoms with Gasteiger partial charge in [0, 0.05) is 21.9 Å². The van der Waals surface area contributed by atoms with E-state index in [0.717, 1.165) is 67.9 Å². The fourth-order valence-electron chi connectivity index (χ4n) is 4.52. The average molecular weight is 631 g/mol. The molecule has 2 amide bonds. The maximum Gasteiger partial charge on any atom is 0.573 e. The van der Waals surface area contributed by atoms with Crippen molar-refractivity contribution in [3.05, 3.63) is 87.0 Å². The summed E-state index contributed by atoms with van der Waals surface area (Å²) in [6.45, 7) is 3.85. The van der Waals surface area contributed by atoms with Gasteiger partial charge in [-0.15, -0.1) is 18.3 Å². The van der Waals surface area contributed by atoms with E-state index in [1.807, 2.05) is 44.2 Å². The minimum absolute atomic E-state index is 0.298. The van der Waals surface area contributed by atoms with Gasteiger partial charge in [0.1, 0.15) is 11.4 Å². The number of aromatic nitrogens is 3. The molecule has 0 bridgehead atoms. The predicted molar refractivity (Wildman–Crippen MR) is 152 cm³/mol. The average Bonchev–Trinajstić information content (AvgIpc) is 3.33. The number of anilines is 1. The van der Waals surface area contributed by atoms with E-state index in [4.69, 9.17) is 0 Å². The Bertz CT molecular complexity index is 1580. The highest BCUT2D eigenvalue weighted by molar-refractivity contribution is 9.10. The number of ether oxygens (including phenoxy) is 1. The molecular formula is C27H22BrF3N6O2S. The first-order chi connectivity index (χ1) is 19.1. The summed E-state index contributed by atoms with van der Waals surface area (Å²) in [5.41, 5.74) is 7.72. The Morgan fingerprint density at radius 2 is 1.82 bits per heavy atom. The van der Waals surface area contributed by atoms with Crippen LogP contribution in [0.5, 0.6) is 5.75 Å². The molecule has 1 aliphatic rings. The third-order valence-electron chi connectivity index (χ3n) is 6.22. The summed E-state index contributed by atoms with van der Waals surface area (Å²) in [4.78, 5) is 12.3. The number of halogens is 4. The van der Waals surface area contributed by atoms with Gasteiger partial charge >= 0.3 is 12.4 Å². The van der Waals surface area contributed by atoms with Crippen molar-refractivity contribution >= 4 is 46.0 Å². The molecule has 5 rings (SSSR count). The summed E-state index contributed by atoms with van der Waals surface area (Å²) in [5.74, 6) is -0.298. The molecular weight excluding hydrogens is 609 g/mol. The van der Waals surface area contributed by atoms with E-state index >= 15 is 0 Å². The molecule has 3 aromatic carbocycles. The monoisotopic (exact) mass is 630 g/mol. The fraction of sp³-hybridized carbons (Fsp3) is 0.185. The van der Waals surface area contributed by atoms with Crippen LogP contribution in [0.4, 0.5) is 23.7 Å². The standard InChI is InChI=1S/C27H22BrF3N6O2S/c1-15-11-19(28)12-16(2)24(15)33-26(38)35-40-32-14-17-3-9-22-18(13-17)4-10-23-25(22)34-36-37(23)20-5-7-21(8-6-20)39-27(29,30)31/h3,5-9,11-14H,4,10H2,1-2H3,(H2,33,35,38). The van der Waals surface area contributed by atoms with Crippen molar-refractivity contribution < 1.29 is 22.7 Å². The van der Waals surface area contributed by atoms with E-state index in [1.54, 1.807) is 10.9 Å². The topological polar surface area (TPSA) is 93.4 Å². The van der Waals surface area contributed by atoms with E-state index in [-0.39, 0.29) is 11.8 Å². The van der Waals surface area contributed by atoms with E-state index in [2.05, 4.69) is 45.4 Å². The van der Waals surface area contributed by atoms with Gasteiger partial charge < -0.3 is 10.1 Å². The largest absolute Gasteiger partial charge is 0.573 e. The number of fused-ring (bicyclic) bond motifs is 3. The molecule has 40 heavy (non-hydrogen) atoms. The number of alkyl halides is 3. The van der Waals surface area contributed by atoms with Gasteiger partial charge in [-0.2, -0.15) is 0 Å². The molecule has 0 saturated carbocycles. The lowest BCUT2D eigenvalue weighted by Crippen LogP contribution is -2.23. The van der Waals surface area contributed by atoms with Crippen LogP contribution in [-0.4, -0.2) is 33.6 Å². The van der Waals surface area contributed by atoms with E-state index in [1.165, 1.54) is 24.3 Å². The van der Waals surface area contributed by atoms with Crippen LogP contribution in [0, 0.1) is 13.8 Å². The van der Waals surface area contributed by atoms with Gasteiger partial charge in [0.05, 0.1) is 23.5 Å². The predicted octanol–water partition coefficient (Wildman–Crippen LogP) is 7.11. The van der Waals surface area contributed by atoms with Crippen LogP contribution in [0.1, 0.15) is 27.9 Å². The lowest BCUT2D eigenvalue weighted by atomic mass is 9.91. The van der Waals surface area contributed by atoms with Crippen molar-refractivity contribution in [2.45, 2.75) is 33.1 Å². The summed E-state index contributed by atoms with van der Waals surface area (Å²) < 4.78 is 50.8. The van der Waals surface area contributed by atoms with Crippen molar-refractivity contribution in [2.75, 3.05) is 5.32 Å². The van der Waals surface area contributed by atoms with E-state index in [9.17, 15) is 18.0 Å². The smallest absolute Gasteiger partial charge is 0.406 e. The fourth-order valence-corrected chi connectivity index (χ4v) is 5.57. The van der Waals surface area contributed by atoms with Gasteiger partial charge in [0.25, 0.3) is 0 Å². The van der Waals surface area contributed by atoms with E-state index in [0.29, 0.717) is 12.1 Å². The lowest BCUT2D eigenvalue weighted by molar-refractivity contribution is -0.274. The minimum atomic E-state index is -4.75. The second kappa shape index (κ2) is 11.3. The first kappa shape index (κ1) is 27.7. The van der Waals surface area contributed by atoms with E-state index < -0.39 is 6.36 Å². The summed E-state index contributed by atoms with van der Waals surface area (Å²) in [5, 5.41) is 11.4. The summed E-state index contributed by atoms with van der Waals surface area (Å²) in [6, 6.07) is 14.9. The second-order valence-corrected chi connectivity index (χ2v) is 10.6. The zero-order chi connectivity index (χ0) is 28.4. The maximum atomic E-state index is 12.5. The van der Waals surface area contributed by atoms with Crippen molar-refractivity contribution in [1.29, 1.82) is 0 Å². The maximum absolute atomic E-state index is 12.5. The molecule has 1 aliphatic carbocycles. The quantitative estimate of drug-likeness (QED) is 0.175. The highest BCUT2D eigenvalue weighted by atomic mass is 79.9. The molecule has 0 radical (unpaired) electrons. The number of benzene rings is 3. The molecule has 0 unspecified atom stereocenters. The Balaban J connectivity index is 1.22. The van der Waals surface area contributed by atoms with Crippen molar-refractivity contribution in [1.82, 2.24) is 19.7 Å². The SMILES string of the molecule is Cc1cc(Br)cc(C)c1NC(=O)NSN=Cc1ccc2c(c1)CCc1c-2nnn1-c1ccc(OC(F)(F)F)cc1. The first-order valence-corrected chi connectivity index (χ1v) is 13.6. The Hall–Kier alpha value is -3.84. The Morgan fingerprint density at radius 3 is 2.52 bits per heavy atom. The van der Waals surface area contributed by atoms with Crippen LogP contribution in [0.25, 0.3) is 16.9 Å². The molecule has 206 valence electrons. The molecule has 4 aromatic rings. The third kappa shape index (κ3) is 6.31. The molecule has 1 aromatic heterocycles. The lowest BCUT2D eigenvalue weighted by Gasteiger charge is -2.17. The number of carbonyl (C=O) groups is 1. The molecule has 0 atom stereocenters. The second-order valence-electron chi connectivity index (χ2n) is 9.05. The van der Waals surface area contributed by atoms with Gasteiger partial charge in [-0.25, -0.2) is 13.9 Å². The number of nitrogens with zero attached hydrogens (tertiary/aromatic N) is 4. The molecule has 1 heterocycles. The van der Waals surface area contributed by atoms with Crippen LogP contribution in [0.2, 0.25) is 0 Å². The van der Waals surface area contributed by atoms with Gasteiger partial charge in [0.2, 0.25) is 0 Å². The van der Waals surface area contributed by atoms with Crippen LogP contribution in [0.15, 0.2) is 63.5 Å². The molecule has 2 N–H and O–H groups in total. The molecule has 0 saturated heterocycles. The Labute approximate surface area is 240 Å². The summed E-state index contributed by atoms with van der Waals surface area (Å²) in [7, 11) is 0. The Kier molecular flexibility index (Phi) is 7.86. The number of hydrogen-bond donors (Lipinski definition) is 2. The number of aryl methyl sites for hydroxylation is 3. The number of nitrogens with one attached hydrogen (secondary N) is 2. The highest BCUT2D eigenvalue weighted by Gasteiger charge is 2.31. The number of amides is 2. The highest BCUT2D eigenvalue weighted by Crippen LogP contribution is 2.34. The third-order valence-corrected chi connectivity index (χ3v) is 7.17. The van der Waals surface area contributed by atoms with Gasteiger partial charge in [-0.1, -0.05) is 33.3 Å². The molecule has 0 fully saturated rings. The zero-order valence-corrected chi connectivity index (χ0v) is 23.6. The Morgan fingerprint density at radius 1 is 1.10 bits per heavy atom. The number of urea groups is 1. The minimum Gasteiger partial charge on any atom is -0.406 e. The number of rotatable bonds is 6. The molecule has 8 nitrogen and oxygen atoms in total. The molecule has 0 aliphatic heterocycles. The normalized spacial score (nSPS) is 12.7. The van der Waals surface area contributed by atoms with Crippen LogP contribution >= 0.6 is 28.1 Å². The summed E-state index contributed by atoms with van der Waals surface area (Å²) in [6.07, 6.45) is -1.70. The van der Waals surface area contributed by atoms with Gasteiger partial charge in [0.15, 0.2) is 0 Å². The van der Waals surface area contributed by atoms with Gasteiger partial charge in [-0.3, -0.25) is 4.72 Å². The van der Waals surface area contributed by atoms with Crippen molar-refractivity contribution in [3.63, 3.8) is 0 Å². The number of carbonyl (C=O) groups excluding carboxylic acids is 1. The number of hydrogen-bond acceptors (Lipinski definition) is 6. The van der Waals surface area contributed by atoms with Crippen LogP contribution in [0.3, 0.4) is 0 Å². The van der Waals surface area contributed by atoms with Crippen LogP contribution < -0.4 is 14.8 Å². The molecule has 0 spiro atoms. The zero-order valence-electron chi connectivity index (χ0n) is 21.2. The summed E-state index contributed by atoms with van der Waals surface area (Å²) >= 11 is 4.37. The first-order valence-electron chi connectivity index (χ1n) is 12.0.